The number of amides is 1. The first-order valence-corrected chi connectivity index (χ1v) is 11.2. The molecule has 1 aliphatic rings. The molecule has 1 amide bonds. The Morgan fingerprint density at radius 2 is 1.76 bits per heavy atom. The molecule has 3 aromatic carbocycles. The van der Waals surface area contributed by atoms with Crippen LogP contribution in [0.25, 0.3) is 6.08 Å². The minimum atomic E-state index is -0.316. The van der Waals surface area contributed by atoms with E-state index in [2.05, 4.69) is 0 Å². The van der Waals surface area contributed by atoms with Gasteiger partial charge in [0.2, 0.25) is 0 Å². The quantitative estimate of drug-likeness (QED) is 0.251. The van der Waals surface area contributed by atoms with Gasteiger partial charge in [0.1, 0.15) is 30.6 Å². The maximum absolute atomic E-state index is 13.0. The first-order chi connectivity index (χ1) is 16.6. The Labute approximate surface area is 203 Å². The highest BCUT2D eigenvalue weighted by molar-refractivity contribution is 6.32. The van der Waals surface area contributed by atoms with Crippen molar-refractivity contribution >= 4 is 29.3 Å². The molecule has 0 fully saturated rings. The van der Waals surface area contributed by atoms with Gasteiger partial charge in [-0.1, -0.05) is 48.0 Å². The Bertz CT molecular complexity index is 1270. The van der Waals surface area contributed by atoms with Gasteiger partial charge < -0.3 is 19.1 Å². The number of hydrogen-bond donors (Lipinski definition) is 0. The van der Waals surface area contributed by atoms with Gasteiger partial charge in [0.25, 0.3) is 5.91 Å². The van der Waals surface area contributed by atoms with Crippen molar-refractivity contribution in [3.63, 3.8) is 0 Å². The number of methoxy groups -OCH3 is 1. The zero-order chi connectivity index (χ0) is 23.9. The third-order valence-corrected chi connectivity index (χ3v) is 5.73. The molecule has 0 aliphatic carbocycles. The molecule has 4 rings (SSSR count). The highest BCUT2D eigenvalue weighted by Crippen LogP contribution is 2.31. The maximum Gasteiger partial charge on any atom is 0.268 e. The van der Waals surface area contributed by atoms with Crippen LogP contribution in [-0.4, -0.2) is 32.8 Å². The lowest BCUT2D eigenvalue weighted by Crippen LogP contribution is -2.29. The molecule has 0 N–H and O–H groups in total. The lowest BCUT2D eigenvalue weighted by Gasteiger charge is -2.16. The average Bonchev–Trinajstić information content (AvgIpc) is 3.30. The summed E-state index contributed by atoms with van der Waals surface area (Å²) in [4.78, 5) is 14.7. The van der Waals surface area contributed by atoms with Crippen molar-refractivity contribution in [3.8, 4) is 23.3 Å². The third-order valence-electron chi connectivity index (χ3n) is 5.42. The standard InChI is InChI=1S/C27H23ClN2O4/c1-32-26-17-19(10-11-25(26)34-15-14-33-24-9-5-3-7-22(24)28)16-21(18-29)27(31)30-13-12-20-6-2-4-8-23(20)30/h2-11,16-17H,12-15H2,1H3/b21-16+. The second-order valence-corrected chi connectivity index (χ2v) is 7.95. The fraction of sp³-hybridized carbons (Fsp3) is 0.185. The summed E-state index contributed by atoms with van der Waals surface area (Å²) in [5.41, 5.74) is 2.68. The zero-order valence-corrected chi connectivity index (χ0v) is 19.4. The Morgan fingerprint density at radius 1 is 1.03 bits per heavy atom. The summed E-state index contributed by atoms with van der Waals surface area (Å²) in [6.07, 6.45) is 2.34. The summed E-state index contributed by atoms with van der Waals surface area (Å²) in [6.45, 7) is 1.15. The van der Waals surface area contributed by atoms with Crippen molar-refractivity contribution in [2.75, 3.05) is 31.8 Å². The molecule has 7 heteroatoms. The minimum Gasteiger partial charge on any atom is -0.493 e. The summed E-state index contributed by atoms with van der Waals surface area (Å²) < 4.78 is 16.9. The van der Waals surface area contributed by atoms with E-state index < -0.39 is 0 Å². The van der Waals surface area contributed by atoms with Crippen molar-refractivity contribution in [2.45, 2.75) is 6.42 Å². The van der Waals surface area contributed by atoms with Crippen molar-refractivity contribution in [1.29, 1.82) is 5.26 Å². The number of rotatable bonds is 8. The summed E-state index contributed by atoms with van der Waals surface area (Å²) >= 11 is 6.09. The monoisotopic (exact) mass is 474 g/mol. The Hall–Kier alpha value is -3.95. The molecule has 0 aromatic heterocycles. The summed E-state index contributed by atoms with van der Waals surface area (Å²) in [7, 11) is 1.54. The molecule has 0 unspecified atom stereocenters. The molecule has 1 heterocycles. The number of fused-ring (bicyclic) bond motifs is 1. The molecule has 0 bridgehead atoms. The highest BCUT2D eigenvalue weighted by Gasteiger charge is 2.26. The van der Waals surface area contributed by atoms with Crippen molar-refractivity contribution in [3.05, 3.63) is 88.5 Å². The van der Waals surface area contributed by atoms with Crippen LogP contribution in [0.2, 0.25) is 5.02 Å². The predicted octanol–water partition coefficient (Wildman–Crippen LogP) is 5.30. The molecule has 0 radical (unpaired) electrons. The van der Waals surface area contributed by atoms with Crippen molar-refractivity contribution in [1.82, 2.24) is 0 Å². The normalized spacial score (nSPS) is 12.6. The lowest BCUT2D eigenvalue weighted by atomic mass is 10.1. The van der Waals surface area contributed by atoms with E-state index in [1.54, 1.807) is 41.3 Å². The average molecular weight is 475 g/mol. The number of benzene rings is 3. The van der Waals surface area contributed by atoms with Crippen LogP contribution < -0.4 is 19.1 Å². The van der Waals surface area contributed by atoms with Crippen LogP contribution in [0.4, 0.5) is 5.69 Å². The van der Waals surface area contributed by atoms with E-state index in [-0.39, 0.29) is 18.1 Å². The smallest absolute Gasteiger partial charge is 0.268 e. The Morgan fingerprint density at radius 3 is 2.53 bits per heavy atom. The fourth-order valence-electron chi connectivity index (χ4n) is 3.76. The van der Waals surface area contributed by atoms with Gasteiger partial charge in [0.05, 0.1) is 12.1 Å². The molecule has 0 spiro atoms. The first kappa shape index (κ1) is 23.2. The van der Waals surface area contributed by atoms with Crippen LogP contribution in [0, 0.1) is 11.3 Å². The van der Waals surface area contributed by atoms with Gasteiger partial charge in [0.15, 0.2) is 11.5 Å². The van der Waals surface area contributed by atoms with Gasteiger partial charge in [-0.3, -0.25) is 4.79 Å². The molecule has 6 nitrogen and oxygen atoms in total. The zero-order valence-electron chi connectivity index (χ0n) is 18.7. The highest BCUT2D eigenvalue weighted by atomic mass is 35.5. The summed E-state index contributed by atoms with van der Waals surface area (Å²) in [5.74, 6) is 1.29. The predicted molar refractivity (Wildman–Crippen MR) is 132 cm³/mol. The molecule has 0 atom stereocenters. The number of nitriles is 1. The summed E-state index contributed by atoms with van der Waals surface area (Å²) in [6, 6.07) is 22.3. The third kappa shape index (κ3) is 5.16. The molecule has 34 heavy (non-hydrogen) atoms. The number of anilines is 1. The number of ether oxygens (including phenoxy) is 3. The molecule has 172 valence electrons. The van der Waals surface area contributed by atoms with E-state index in [1.807, 2.05) is 42.5 Å². The van der Waals surface area contributed by atoms with E-state index in [9.17, 15) is 10.1 Å². The van der Waals surface area contributed by atoms with Crippen LogP contribution in [0.5, 0.6) is 17.2 Å². The summed E-state index contributed by atoms with van der Waals surface area (Å²) in [5, 5.41) is 10.2. The Kier molecular flexibility index (Phi) is 7.36. The molecule has 1 aliphatic heterocycles. The molecule has 3 aromatic rings. The van der Waals surface area contributed by atoms with Crippen LogP contribution in [-0.2, 0) is 11.2 Å². The second kappa shape index (κ2) is 10.8. The van der Waals surface area contributed by atoms with Crippen molar-refractivity contribution in [2.24, 2.45) is 0 Å². The van der Waals surface area contributed by atoms with Gasteiger partial charge in [-0.05, 0) is 54.0 Å². The molecule has 0 saturated heterocycles. The van der Waals surface area contributed by atoms with Crippen LogP contribution in [0.1, 0.15) is 11.1 Å². The SMILES string of the molecule is COc1cc(/C=C(\C#N)C(=O)N2CCc3ccccc32)ccc1OCCOc1ccccc1Cl. The van der Waals surface area contributed by atoms with E-state index >= 15 is 0 Å². The molecule has 0 saturated carbocycles. The fourth-order valence-corrected chi connectivity index (χ4v) is 3.95. The number of para-hydroxylation sites is 2. The van der Waals surface area contributed by atoms with Crippen molar-refractivity contribution < 1.29 is 19.0 Å². The number of carbonyl (C=O) groups is 1. The van der Waals surface area contributed by atoms with Gasteiger partial charge in [-0.2, -0.15) is 5.26 Å². The Balaban J connectivity index is 1.43. The molecular weight excluding hydrogens is 452 g/mol. The number of hydrogen-bond acceptors (Lipinski definition) is 5. The van der Waals surface area contributed by atoms with Gasteiger partial charge >= 0.3 is 0 Å². The second-order valence-electron chi connectivity index (χ2n) is 7.54. The van der Waals surface area contributed by atoms with E-state index in [1.165, 1.54) is 7.11 Å². The minimum absolute atomic E-state index is 0.0561. The van der Waals surface area contributed by atoms with E-state index in [0.717, 1.165) is 17.7 Å². The maximum atomic E-state index is 13.0. The van der Waals surface area contributed by atoms with Crippen LogP contribution >= 0.6 is 11.6 Å². The van der Waals surface area contributed by atoms with Gasteiger partial charge in [0, 0.05) is 12.2 Å². The number of nitrogens with zero attached hydrogens (tertiary/aromatic N) is 2. The number of halogens is 1. The topological polar surface area (TPSA) is 71.8 Å². The van der Waals surface area contributed by atoms with E-state index in [4.69, 9.17) is 25.8 Å². The van der Waals surface area contributed by atoms with Crippen LogP contribution in [0.3, 0.4) is 0 Å². The lowest BCUT2D eigenvalue weighted by molar-refractivity contribution is -0.114. The van der Waals surface area contributed by atoms with Gasteiger partial charge in [-0.15, -0.1) is 0 Å². The van der Waals surface area contributed by atoms with E-state index in [0.29, 0.717) is 41.0 Å². The van der Waals surface area contributed by atoms with Crippen LogP contribution in [0.15, 0.2) is 72.3 Å². The number of carbonyl (C=O) groups excluding carboxylic acids is 1. The largest absolute Gasteiger partial charge is 0.493 e. The van der Waals surface area contributed by atoms with Gasteiger partial charge in [-0.25, -0.2) is 0 Å². The molecular formula is C27H23ClN2O4. The first-order valence-electron chi connectivity index (χ1n) is 10.8.